The monoisotopic (exact) mass is 353 g/mol. The Morgan fingerprint density at radius 1 is 0.864 bits per heavy atom. The van der Waals surface area contributed by atoms with E-state index in [1.54, 1.807) is 0 Å². The number of nitrogens with zero attached hydrogens (tertiary/aromatic N) is 1. The molecular weight excluding hydrogens is 347 g/mol. The van der Waals surface area contributed by atoms with Crippen molar-refractivity contribution in [2.45, 2.75) is 42.6 Å². The van der Waals surface area contributed by atoms with Crippen molar-refractivity contribution in [1.82, 2.24) is 4.90 Å². The molecular formula is C9H6F11NO. The van der Waals surface area contributed by atoms with Crippen molar-refractivity contribution in [3.63, 3.8) is 0 Å². The maximum absolute atomic E-state index is 13.5. The summed E-state index contributed by atoms with van der Waals surface area (Å²) >= 11 is 0. The smallest absolute Gasteiger partial charge is 0.394 e. The van der Waals surface area contributed by atoms with Gasteiger partial charge >= 0.3 is 30.0 Å². The summed E-state index contributed by atoms with van der Waals surface area (Å²) in [7, 11) is 0. The van der Waals surface area contributed by atoms with Gasteiger partial charge in [-0.05, 0) is 6.92 Å². The SMILES string of the molecule is C=C(O)C(C)(F)C(F)(F)N1C(F)(F)C(F)(F)C(F)(F)C1(F)F. The van der Waals surface area contributed by atoms with Gasteiger partial charge in [-0.3, -0.25) is 0 Å². The molecule has 1 rings (SSSR count). The van der Waals surface area contributed by atoms with Crippen LogP contribution in [0.25, 0.3) is 0 Å². The molecule has 1 fully saturated rings. The highest BCUT2D eigenvalue weighted by Crippen LogP contribution is 2.66. The van der Waals surface area contributed by atoms with E-state index in [1.165, 1.54) is 0 Å². The number of rotatable bonds is 3. The summed E-state index contributed by atoms with van der Waals surface area (Å²) < 4.78 is 144. The van der Waals surface area contributed by atoms with Gasteiger partial charge in [-0.1, -0.05) is 6.58 Å². The third-order valence-electron chi connectivity index (χ3n) is 3.10. The average Bonchev–Trinajstić information content (AvgIpc) is 2.32. The highest BCUT2D eigenvalue weighted by atomic mass is 19.4. The molecule has 0 spiro atoms. The summed E-state index contributed by atoms with van der Waals surface area (Å²) in [6.07, 6.45) is 0. The van der Waals surface area contributed by atoms with Crippen LogP contribution in [0.1, 0.15) is 6.92 Å². The van der Waals surface area contributed by atoms with Gasteiger partial charge < -0.3 is 5.11 Å². The third kappa shape index (κ3) is 1.71. The van der Waals surface area contributed by atoms with Gasteiger partial charge in [0.2, 0.25) is 5.67 Å². The predicted molar refractivity (Wildman–Crippen MR) is 47.9 cm³/mol. The number of likely N-dealkylation sites (tertiary alicyclic amines) is 1. The number of alkyl halides is 11. The first-order chi connectivity index (χ1) is 9.31. The van der Waals surface area contributed by atoms with Gasteiger partial charge in [0.1, 0.15) is 5.76 Å². The van der Waals surface area contributed by atoms with Crippen molar-refractivity contribution in [2.75, 3.05) is 0 Å². The first-order valence-corrected chi connectivity index (χ1v) is 5.08. The summed E-state index contributed by atoms with van der Waals surface area (Å²) in [4.78, 5) is -3.24. The fourth-order valence-electron chi connectivity index (χ4n) is 1.57. The standard InChI is InChI=1S/C9H6F11NO/c1-3(22)4(2,10)7(15,16)21-8(17,18)5(11,12)6(13,14)9(21,19)20/h22H,1H2,2H3. The van der Waals surface area contributed by atoms with Crippen molar-refractivity contribution < 1.29 is 53.4 Å². The Kier molecular flexibility index (Phi) is 3.56. The Bertz CT molecular complexity index is 472. The molecule has 1 unspecified atom stereocenters. The van der Waals surface area contributed by atoms with E-state index in [2.05, 4.69) is 6.58 Å². The zero-order chi connectivity index (χ0) is 18.2. The van der Waals surface area contributed by atoms with Crippen molar-refractivity contribution in [3.8, 4) is 0 Å². The van der Waals surface area contributed by atoms with Crippen LogP contribution in [0.4, 0.5) is 48.3 Å². The van der Waals surface area contributed by atoms with Crippen LogP contribution >= 0.6 is 0 Å². The van der Waals surface area contributed by atoms with Crippen molar-refractivity contribution in [1.29, 1.82) is 0 Å². The first-order valence-electron chi connectivity index (χ1n) is 5.08. The molecule has 0 radical (unpaired) electrons. The quantitative estimate of drug-likeness (QED) is 0.468. The van der Waals surface area contributed by atoms with E-state index in [-0.39, 0.29) is 0 Å². The van der Waals surface area contributed by atoms with Gasteiger partial charge in [0, 0.05) is 0 Å². The lowest BCUT2D eigenvalue weighted by molar-refractivity contribution is -0.386. The van der Waals surface area contributed by atoms with E-state index in [0.717, 1.165) is 0 Å². The van der Waals surface area contributed by atoms with Crippen LogP contribution in [0.3, 0.4) is 0 Å². The molecule has 0 aromatic rings. The second-order valence-corrected chi connectivity index (χ2v) is 4.56. The lowest BCUT2D eigenvalue weighted by Crippen LogP contribution is -2.66. The average molecular weight is 353 g/mol. The minimum atomic E-state index is -6.94. The fourth-order valence-corrected chi connectivity index (χ4v) is 1.57. The van der Waals surface area contributed by atoms with Gasteiger partial charge in [-0.15, -0.1) is 4.90 Å². The maximum atomic E-state index is 13.5. The van der Waals surface area contributed by atoms with Crippen molar-refractivity contribution >= 4 is 0 Å². The Hall–Kier alpha value is -1.27. The molecule has 0 aromatic carbocycles. The second-order valence-electron chi connectivity index (χ2n) is 4.56. The molecule has 1 saturated heterocycles. The van der Waals surface area contributed by atoms with Gasteiger partial charge in [0.05, 0.1) is 0 Å². The summed E-state index contributed by atoms with van der Waals surface area (Å²) in [6, 6.07) is -20.0. The molecule has 2 nitrogen and oxygen atoms in total. The number of aliphatic hydroxyl groups excluding tert-OH is 1. The summed E-state index contributed by atoms with van der Waals surface area (Å²) in [5.41, 5.74) is -4.86. The molecule has 1 N–H and O–H groups in total. The predicted octanol–water partition coefficient (Wildman–Crippen LogP) is 4.15. The molecule has 1 atom stereocenters. The molecule has 1 heterocycles. The van der Waals surface area contributed by atoms with Crippen LogP contribution in [0, 0.1) is 0 Å². The van der Waals surface area contributed by atoms with E-state index < -0.39 is 53.2 Å². The van der Waals surface area contributed by atoms with Crippen LogP contribution in [0.15, 0.2) is 12.3 Å². The number of hydrogen-bond donors (Lipinski definition) is 1. The minimum Gasteiger partial charge on any atom is -0.509 e. The number of hydrogen-bond acceptors (Lipinski definition) is 2. The molecule has 22 heavy (non-hydrogen) atoms. The van der Waals surface area contributed by atoms with Crippen molar-refractivity contribution in [3.05, 3.63) is 12.3 Å². The summed E-state index contributed by atoms with van der Waals surface area (Å²) in [5, 5.41) is 8.54. The van der Waals surface area contributed by atoms with E-state index in [4.69, 9.17) is 5.11 Å². The Labute approximate surface area is 114 Å². The highest BCUT2D eigenvalue weighted by molar-refractivity contribution is 5.19. The third-order valence-corrected chi connectivity index (χ3v) is 3.10. The summed E-state index contributed by atoms with van der Waals surface area (Å²) in [5.74, 6) is -16.2. The second kappa shape index (κ2) is 4.17. The van der Waals surface area contributed by atoms with Crippen LogP contribution in [-0.2, 0) is 0 Å². The van der Waals surface area contributed by atoms with Gasteiger partial charge in [0.25, 0.3) is 0 Å². The Morgan fingerprint density at radius 3 is 1.36 bits per heavy atom. The van der Waals surface area contributed by atoms with E-state index in [1.807, 2.05) is 0 Å². The lowest BCUT2D eigenvalue weighted by Gasteiger charge is -2.40. The molecule has 0 saturated carbocycles. The fraction of sp³-hybridized carbons (Fsp3) is 0.778. The molecule has 0 aliphatic carbocycles. The normalized spacial score (nSPS) is 29.1. The molecule has 0 aromatic heterocycles. The van der Waals surface area contributed by atoms with Gasteiger partial charge in [-0.25, -0.2) is 4.39 Å². The molecule has 1 aliphatic rings. The minimum absolute atomic E-state index is 0.476. The van der Waals surface area contributed by atoms with E-state index >= 15 is 0 Å². The van der Waals surface area contributed by atoms with Crippen LogP contribution in [0.2, 0.25) is 0 Å². The zero-order valence-electron chi connectivity index (χ0n) is 10.3. The molecule has 130 valence electrons. The molecule has 1 aliphatic heterocycles. The molecule has 13 heteroatoms. The van der Waals surface area contributed by atoms with Crippen molar-refractivity contribution in [2.24, 2.45) is 0 Å². The van der Waals surface area contributed by atoms with Crippen LogP contribution in [-0.4, -0.2) is 45.7 Å². The Balaban J connectivity index is 3.69. The topological polar surface area (TPSA) is 23.5 Å². The molecule has 0 bridgehead atoms. The molecule has 0 amide bonds. The maximum Gasteiger partial charge on any atom is 0.394 e. The van der Waals surface area contributed by atoms with E-state index in [0.29, 0.717) is 0 Å². The lowest BCUT2D eigenvalue weighted by atomic mass is 10.0. The van der Waals surface area contributed by atoms with Gasteiger partial charge in [-0.2, -0.15) is 43.9 Å². The largest absolute Gasteiger partial charge is 0.509 e. The Morgan fingerprint density at radius 2 is 1.14 bits per heavy atom. The van der Waals surface area contributed by atoms with Crippen LogP contribution < -0.4 is 0 Å². The summed E-state index contributed by atoms with van der Waals surface area (Å²) in [6.45, 7) is 1.67. The van der Waals surface area contributed by atoms with E-state index in [9.17, 15) is 48.3 Å². The van der Waals surface area contributed by atoms with Gasteiger partial charge in [0.15, 0.2) is 0 Å². The number of aliphatic hydroxyl groups is 1. The van der Waals surface area contributed by atoms with Crippen LogP contribution in [0.5, 0.6) is 0 Å². The highest BCUT2D eigenvalue weighted by Gasteiger charge is 2.97. The first kappa shape index (κ1) is 18.8. The zero-order valence-corrected chi connectivity index (χ0v) is 10.3. The number of halogens is 11.